The van der Waals surface area contributed by atoms with Crippen LogP contribution in [0.15, 0.2) is 24.3 Å². The molecule has 0 heterocycles. The second kappa shape index (κ2) is 6.33. The third-order valence-corrected chi connectivity index (χ3v) is 3.08. The van der Waals surface area contributed by atoms with E-state index < -0.39 is 5.97 Å². The van der Waals surface area contributed by atoms with Gasteiger partial charge in [-0.25, -0.2) is 4.79 Å². The van der Waals surface area contributed by atoms with Crippen molar-refractivity contribution < 1.29 is 14.7 Å². The van der Waals surface area contributed by atoms with Crippen molar-refractivity contribution in [3.63, 3.8) is 0 Å². The zero-order valence-corrected chi connectivity index (χ0v) is 10.7. The molecule has 1 aliphatic rings. The molecule has 1 fully saturated rings. The van der Waals surface area contributed by atoms with Gasteiger partial charge in [-0.05, 0) is 43.0 Å². The molecule has 0 aliphatic heterocycles. The van der Waals surface area contributed by atoms with Gasteiger partial charge >= 0.3 is 5.97 Å². The van der Waals surface area contributed by atoms with E-state index in [-0.39, 0.29) is 11.5 Å². The van der Waals surface area contributed by atoms with Crippen molar-refractivity contribution in [1.82, 2.24) is 10.6 Å². The van der Waals surface area contributed by atoms with Crippen molar-refractivity contribution in [2.75, 3.05) is 13.1 Å². The standard InChI is InChI=1S/C14H18N2O3/c17-13(9-15-7-10-4-5-10)16-8-11-2-1-3-12(6-11)14(18)19/h1-3,6,10,15H,4-5,7-9H2,(H,16,17)(H,18,19). The second-order valence-corrected chi connectivity index (χ2v) is 4.86. The summed E-state index contributed by atoms with van der Waals surface area (Å²) < 4.78 is 0. The highest BCUT2D eigenvalue weighted by Gasteiger charge is 2.20. The highest BCUT2D eigenvalue weighted by atomic mass is 16.4. The van der Waals surface area contributed by atoms with Crippen LogP contribution in [0.2, 0.25) is 0 Å². The molecule has 19 heavy (non-hydrogen) atoms. The van der Waals surface area contributed by atoms with Crippen LogP contribution in [-0.2, 0) is 11.3 Å². The highest BCUT2D eigenvalue weighted by Crippen LogP contribution is 2.27. The SMILES string of the molecule is O=C(CNCC1CC1)NCc1cccc(C(=O)O)c1. The summed E-state index contributed by atoms with van der Waals surface area (Å²) in [5.41, 5.74) is 1.02. The van der Waals surface area contributed by atoms with Crippen LogP contribution in [0.4, 0.5) is 0 Å². The summed E-state index contributed by atoms with van der Waals surface area (Å²) in [6, 6.07) is 6.58. The van der Waals surface area contributed by atoms with Crippen LogP contribution in [0.3, 0.4) is 0 Å². The maximum absolute atomic E-state index is 11.5. The molecule has 1 aliphatic carbocycles. The van der Waals surface area contributed by atoms with Crippen molar-refractivity contribution >= 4 is 11.9 Å². The predicted octanol–water partition coefficient (Wildman–Crippen LogP) is 1.00. The maximum atomic E-state index is 11.5. The van der Waals surface area contributed by atoms with Gasteiger partial charge in [-0.15, -0.1) is 0 Å². The number of carboxylic acids is 1. The molecule has 0 atom stereocenters. The van der Waals surface area contributed by atoms with E-state index in [0.717, 1.165) is 18.0 Å². The molecular formula is C14H18N2O3. The molecule has 0 saturated heterocycles. The lowest BCUT2D eigenvalue weighted by molar-refractivity contribution is -0.120. The van der Waals surface area contributed by atoms with E-state index in [1.807, 2.05) is 0 Å². The van der Waals surface area contributed by atoms with Crippen LogP contribution >= 0.6 is 0 Å². The summed E-state index contributed by atoms with van der Waals surface area (Å²) in [6.45, 7) is 1.57. The van der Waals surface area contributed by atoms with E-state index in [1.54, 1.807) is 18.2 Å². The van der Waals surface area contributed by atoms with Crippen LogP contribution in [0.5, 0.6) is 0 Å². The van der Waals surface area contributed by atoms with Gasteiger partial charge in [-0.2, -0.15) is 0 Å². The van der Waals surface area contributed by atoms with Crippen molar-refractivity contribution in [3.8, 4) is 0 Å². The molecular weight excluding hydrogens is 244 g/mol. The second-order valence-electron chi connectivity index (χ2n) is 4.86. The lowest BCUT2D eigenvalue weighted by Crippen LogP contribution is -2.34. The van der Waals surface area contributed by atoms with Crippen LogP contribution in [-0.4, -0.2) is 30.1 Å². The molecule has 0 aromatic heterocycles. The molecule has 0 radical (unpaired) electrons. The van der Waals surface area contributed by atoms with Gasteiger partial charge in [0.15, 0.2) is 0 Å². The summed E-state index contributed by atoms with van der Waals surface area (Å²) in [5, 5.41) is 14.7. The molecule has 0 bridgehead atoms. The number of nitrogens with one attached hydrogen (secondary N) is 2. The summed E-state index contributed by atoms with van der Waals surface area (Å²) in [7, 11) is 0. The Labute approximate surface area is 112 Å². The third-order valence-electron chi connectivity index (χ3n) is 3.08. The van der Waals surface area contributed by atoms with Crippen LogP contribution in [0.25, 0.3) is 0 Å². The van der Waals surface area contributed by atoms with E-state index in [4.69, 9.17) is 5.11 Å². The Kier molecular flexibility index (Phi) is 4.52. The molecule has 1 aromatic rings. The molecule has 3 N–H and O–H groups in total. The molecule has 0 unspecified atom stereocenters. The quantitative estimate of drug-likeness (QED) is 0.685. The first-order valence-electron chi connectivity index (χ1n) is 6.45. The summed E-state index contributed by atoms with van der Waals surface area (Å²) in [5.74, 6) is -0.277. The lowest BCUT2D eigenvalue weighted by Gasteiger charge is -2.07. The first-order chi connectivity index (χ1) is 9.15. The average Bonchev–Trinajstić information content (AvgIpc) is 3.21. The molecule has 1 amide bonds. The number of amides is 1. The summed E-state index contributed by atoms with van der Waals surface area (Å²) in [4.78, 5) is 22.4. The smallest absolute Gasteiger partial charge is 0.335 e. The van der Waals surface area contributed by atoms with E-state index in [1.165, 1.54) is 18.9 Å². The molecule has 1 saturated carbocycles. The van der Waals surface area contributed by atoms with E-state index in [0.29, 0.717) is 13.1 Å². The van der Waals surface area contributed by atoms with Crippen LogP contribution in [0.1, 0.15) is 28.8 Å². The number of carbonyl (C=O) groups excluding carboxylic acids is 1. The van der Waals surface area contributed by atoms with Gasteiger partial charge < -0.3 is 15.7 Å². The zero-order valence-electron chi connectivity index (χ0n) is 10.7. The minimum Gasteiger partial charge on any atom is -0.478 e. The topological polar surface area (TPSA) is 78.4 Å². The Balaban J connectivity index is 1.72. The molecule has 2 rings (SSSR count). The maximum Gasteiger partial charge on any atom is 0.335 e. The van der Waals surface area contributed by atoms with Crippen LogP contribution in [0, 0.1) is 5.92 Å². The van der Waals surface area contributed by atoms with Gasteiger partial charge in [0, 0.05) is 6.54 Å². The number of carbonyl (C=O) groups is 2. The molecule has 0 spiro atoms. The Bertz CT molecular complexity index is 470. The molecule has 5 heteroatoms. The van der Waals surface area contributed by atoms with Crippen molar-refractivity contribution in [3.05, 3.63) is 35.4 Å². The average molecular weight is 262 g/mol. The van der Waals surface area contributed by atoms with Gasteiger partial charge in [-0.1, -0.05) is 12.1 Å². The number of benzene rings is 1. The van der Waals surface area contributed by atoms with E-state index >= 15 is 0 Å². The van der Waals surface area contributed by atoms with Gasteiger partial charge in [0.1, 0.15) is 0 Å². The number of rotatable bonds is 7. The number of hydrogen-bond donors (Lipinski definition) is 3. The molecule has 5 nitrogen and oxygen atoms in total. The minimum absolute atomic E-state index is 0.0682. The first kappa shape index (κ1) is 13.5. The minimum atomic E-state index is -0.959. The summed E-state index contributed by atoms with van der Waals surface area (Å²) in [6.07, 6.45) is 2.52. The molecule has 1 aromatic carbocycles. The fraction of sp³-hybridized carbons (Fsp3) is 0.429. The fourth-order valence-corrected chi connectivity index (χ4v) is 1.79. The lowest BCUT2D eigenvalue weighted by atomic mass is 10.1. The molecule has 102 valence electrons. The summed E-state index contributed by atoms with van der Waals surface area (Å²) >= 11 is 0. The highest BCUT2D eigenvalue weighted by molar-refractivity contribution is 5.87. The van der Waals surface area contributed by atoms with Gasteiger partial charge in [-0.3, -0.25) is 4.79 Å². The van der Waals surface area contributed by atoms with Crippen molar-refractivity contribution in [1.29, 1.82) is 0 Å². The van der Waals surface area contributed by atoms with Crippen molar-refractivity contribution in [2.24, 2.45) is 5.92 Å². The van der Waals surface area contributed by atoms with Crippen LogP contribution < -0.4 is 10.6 Å². The Hall–Kier alpha value is -1.88. The predicted molar refractivity (Wildman–Crippen MR) is 70.8 cm³/mol. The number of hydrogen-bond acceptors (Lipinski definition) is 3. The first-order valence-corrected chi connectivity index (χ1v) is 6.45. The Morgan fingerprint density at radius 2 is 2.11 bits per heavy atom. The van der Waals surface area contributed by atoms with E-state index in [2.05, 4.69) is 10.6 Å². The third kappa shape index (κ3) is 4.71. The van der Waals surface area contributed by atoms with Gasteiger partial charge in [0.05, 0.1) is 12.1 Å². The normalized spacial score (nSPS) is 14.1. The van der Waals surface area contributed by atoms with Gasteiger partial charge in [0.25, 0.3) is 0 Å². The number of carboxylic acid groups (broad SMARTS) is 1. The fourth-order valence-electron chi connectivity index (χ4n) is 1.79. The Morgan fingerprint density at radius 3 is 2.79 bits per heavy atom. The van der Waals surface area contributed by atoms with Crippen molar-refractivity contribution in [2.45, 2.75) is 19.4 Å². The Morgan fingerprint density at radius 1 is 1.32 bits per heavy atom. The monoisotopic (exact) mass is 262 g/mol. The number of aromatic carboxylic acids is 1. The largest absolute Gasteiger partial charge is 0.478 e. The van der Waals surface area contributed by atoms with E-state index in [9.17, 15) is 9.59 Å². The zero-order chi connectivity index (χ0) is 13.7. The van der Waals surface area contributed by atoms with Gasteiger partial charge in [0.2, 0.25) is 5.91 Å².